The molecule has 0 bridgehead atoms. The van der Waals surface area contributed by atoms with E-state index in [1.807, 2.05) is 4.90 Å². The molecule has 3 unspecified atom stereocenters. The third-order valence-electron chi connectivity index (χ3n) is 5.20. The van der Waals surface area contributed by atoms with E-state index in [0.29, 0.717) is 24.4 Å². The lowest BCUT2D eigenvalue weighted by molar-refractivity contribution is -0.140. The minimum Gasteiger partial charge on any atom is -0.480 e. The molecular weight excluding hydrogens is 318 g/mol. The van der Waals surface area contributed by atoms with Crippen molar-refractivity contribution in [2.75, 3.05) is 26.2 Å². The number of nitriles is 1. The second kappa shape index (κ2) is 7.85. The van der Waals surface area contributed by atoms with E-state index in [2.05, 4.69) is 11.0 Å². The van der Waals surface area contributed by atoms with Crippen molar-refractivity contribution in [1.82, 2.24) is 9.80 Å². The first kappa shape index (κ1) is 17.7. The summed E-state index contributed by atoms with van der Waals surface area (Å²) < 4.78 is 5.73. The number of hydrogen-bond donors (Lipinski definition) is 1. The largest absolute Gasteiger partial charge is 0.480 e. The van der Waals surface area contributed by atoms with Crippen molar-refractivity contribution in [3.63, 3.8) is 0 Å². The Morgan fingerprint density at radius 1 is 1.28 bits per heavy atom. The van der Waals surface area contributed by atoms with Gasteiger partial charge in [0.1, 0.15) is 11.8 Å². The Kier molecular flexibility index (Phi) is 5.57. The Morgan fingerprint density at radius 3 is 2.64 bits per heavy atom. The first-order valence-electron chi connectivity index (χ1n) is 8.97. The molecule has 1 amide bonds. The van der Waals surface area contributed by atoms with Crippen molar-refractivity contribution >= 4 is 5.91 Å². The first-order valence-corrected chi connectivity index (χ1v) is 8.97. The molecule has 1 N–H and O–H groups in total. The van der Waals surface area contributed by atoms with Crippen LogP contribution in [0.3, 0.4) is 0 Å². The molecule has 1 saturated carbocycles. The molecule has 1 aromatic rings. The Labute approximate surface area is 148 Å². The average Bonchev–Trinajstić information content (AvgIpc) is 3.07. The predicted octanol–water partition coefficient (Wildman–Crippen LogP) is 1.38. The molecule has 0 aromatic heterocycles. The number of amides is 1. The summed E-state index contributed by atoms with van der Waals surface area (Å²) in [4.78, 5) is 16.8. The molecule has 1 aliphatic carbocycles. The highest BCUT2D eigenvalue weighted by molar-refractivity contribution is 5.81. The quantitative estimate of drug-likeness (QED) is 0.894. The van der Waals surface area contributed by atoms with Gasteiger partial charge in [-0.3, -0.25) is 9.69 Å². The number of rotatable bonds is 4. The first-order chi connectivity index (χ1) is 12.1. The number of aliphatic hydroxyl groups is 1. The van der Waals surface area contributed by atoms with Gasteiger partial charge >= 0.3 is 0 Å². The minimum absolute atomic E-state index is 0.0561. The van der Waals surface area contributed by atoms with Crippen molar-refractivity contribution in [3.8, 4) is 11.8 Å². The lowest BCUT2D eigenvalue weighted by atomic mass is 10.1. The lowest BCUT2D eigenvalue weighted by Crippen LogP contribution is -2.55. The summed E-state index contributed by atoms with van der Waals surface area (Å²) in [5.41, 5.74) is 0.433. The maximum Gasteiger partial charge on any atom is 0.263 e. The molecule has 25 heavy (non-hydrogen) atoms. The molecule has 0 radical (unpaired) electrons. The molecule has 6 heteroatoms. The number of carbonyl (C=O) groups is 1. The van der Waals surface area contributed by atoms with Gasteiger partial charge in [0.05, 0.1) is 11.7 Å². The maximum absolute atomic E-state index is 12.6. The topological polar surface area (TPSA) is 76.8 Å². The van der Waals surface area contributed by atoms with Crippen LogP contribution in [0, 0.1) is 11.3 Å². The zero-order chi connectivity index (χ0) is 17.8. The fraction of sp³-hybridized carbons (Fsp3) is 0.579. The zero-order valence-corrected chi connectivity index (χ0v) is 14.6. The van der Waals surface area contributed by atoms with Crippen LogP contribution in [0.2, 0.25) is 0 Å². The van der Waals surface area contributed by atoms with Crippen LogP contribution in [0.5, 0.6) is 5.75 Å². The van der Waals surface area contributed by atoms with Crippen molar-refractivity contribution in [3.05, 3.63) is 29.8 Å². The maximum atomic E-state index is 12.6. The number of piperazine rings is 1. The Morgan fingerprint density at radius 2 is 2.00 bits per heavy atom. The molecule has 2 aliphatic rings. The van der Waals surface area contributed by atoms with E-state index in [0.717, 1.165) is 32.4 Å². The van der Waals surface area contributed by atoms with E-state index >= 15 is 0 Å². The number of benzene rings is 1. The van der Waals surface area contributed by atoms with Gasteiger partial charge in [0.25, 0.3) is 5.91 Å². The van der Waals surface area contributed by atoms with Gasteiger partial charge in [0.2, 0.25) is 0 Å². The number of aliphatic hydroxyl groups excluding tert-OH is 1. The van der Waals surface area contributed by atoms with Crippen LogP contribution in [-0.4, -0.2) is 65.2 Å². The SMILES string of the molecule is CC(Oc1ccccc1C#N)C(=O)N1CCN(C2CCCC2O)CC1. The molecule has 134 valence electrons. The van der Waals surface area contributed by atoms with Crippen LogP contribution in [0.25, 0.3) is 0 Å². The highest BCUT2D eigenvalue weighted by Crippen LogP contribution is 2.25. The Hall–Kier alpha value is -2.10. The van der Waals surface area contributed by atoms with Gasteiger partial charge in [0, 0.05) is 32.2 Å². The molecule has 2 fully saturated rings. The molecule has 3 rings (SSSR count). The second-order valence-electron chi connectivity index (χ2n) is 6.79. The lowest BCUT2D eigenvalue weighted by Gasteiger charge is -2.39. The highest BCUT2D eigenvalue weighted by Gasteiger charge is 2.34. The van der Waals surface area contributed by atoms with Gasteiger partial charge in [0.15, 0.2) is 6.10 Å². The van der Waals surface area contributed by atoms with Gasteiger partial charge in [-0.2, -0.15) is 5.26 Å². The summed E-state index contributed by atoms with van der Waals surface area (Å²) >= 11 is 0. The normalized spacial score (nSPS) is 25.4. The zero-order valence-electron chi connectivity index (χ0n) is 14.6. The molecule has 3 atom stereocenters. The number of carbonyl (C=O) groups excluding carboxylic acids is 1. The number of ether oxygens (including phenoxy) is 1. The van der Waals surface area contributed by atoms with Crippen LogP contribution in [0.15, 0.2) is 24.3 Å². The molecule has 1 heterocycles. The van der Waals surface area contributed by atoms with E-state index in [9.17, 15) is 9.90 Å². The average molecular weight is 343 g/mol. The van der Waals surface area contributed by atoms with Gasteiger partial charge < -0.3 is 14.7 Å². The Bertz CT molecular complexity index is 650. The summed E-state index contributed by atoms with van der Waals surface area (Å²) in [5, 5.41) is 19.2. The molecule has 1 saturated heterocycles. The molecule has 6 nitrogen and oxygen atoms in total. The smallest absolute Gasteiger partial charge is 0.263 e. The summed E-state index contributed by atoms with van der Waals surface area (Å²) in [6.45, 7) is 4.60. The fourth-order valence-corrected chi connectivity index (χ4v) is 3.78. The van der Waals surface area contributed by atoms with E-state index in [1.165, 1.54) is 0 Å². The minimum atomic E-state index is -0.627. The molecule has 0 spiro atoms. The predicted molar refractivity (Wildman–Crippen MR) is 93.0 cm³/mol. The fourth-order valence-electron chi connectivity index (χ4n) is 3.78. The van der Waals surface area contributed by atoms with Crippen LogP contribution < -0.4 is 4.74 Å². The van der Waals surface area contributed by atoms with Crippen molar-refractivity contribution in [1.29, 1.82) is 5.26 Å². The van der Waals surface area contributed by atoms with Crippen LogP contribution in [0.1, 0.15) is 31.7 Å². The van der Waals surface area contributed by atoms with E-state index in [-0.39, 0.29) is 18.1 Å². The Balaban J connectivity index is 1.54. The van der Waals surface area contributed by atoms with E-state index in [1.54, 1.807) is 31.2 Å². The van der Waals surface area contributed by atoms with Gasteiger partial charge in [-0.1, -0.05) is 12.1 Å². The number of nitrogens with zero attached hydrogens (tertiary/aromatic N) is 3. The van der Waals surface area contributed by atoms with Crippen molar-refractivity contribution in [2.24, 2.45) is 0 Å². The third-order valence-corrected chi connectivity index (χ3v) is 5.20. The summed E-state index contributed by atoms with van der Waals surface area (Å²) in [5.74, 6) is 0.387. The third kappa shape index (κ3) is 3.94. The van der Waals surface area contributed by atoms with Gasteiger partial charge in [-0.25, -0.2) is 0 Å². The van der Waals surface area contributed by atoms with Crippen LogP contribution >= 0.6 is 0 Å². The monoisotopic (exact) mass is 343 g/mol. The van der Waals surface area contributed by atoms with E-state index in [4.69, 9.17) is 10.00 Å². The number of hydrogen-bond acceptors (Lipinski definition) is 5. The number of para-hydroxylation sites is 1. The van der Waals surface area contributed by atoms with Crippen LogP contribution in [-0.2, 0) is 4.79 Å². The molecule has 1 aromatic carbocycles. The summed E-state index contributed by atoms with van der Waals surface area (Å²) in [7, 11) is 0. The van der Waals surface area contributed by atoms with Crippen molar-refractivity contribution in [2.45, 2.75) is 44.4 Å². The van der Waals surface area contributed by atoms with Gasteiger partial charge in [-0.15, -0.1) is 0 Å². The summed E-state index contributed by atoms with van der Waals surface area (Å²) in [6.07, 6.45) is 2.14. The molecule has 1 aliphatic heterocycles. The summed E-state index contributed by atoms with van der Waals surface area (Å²) in [6, 6.07) is 9.28. The highest BCUT2D eigenvalue weighted by atomic mass is 16.5. The van der Waals surface area contributed by atoms with E-state index < -0.39 is 6.10 Å². The standard InChI is InChI=1S/C19H25N3O3/c1-14(25-18-8-3-2-5-15(18)13-20)19(24)22-11-9-21(10-12-22)16-6-4-7-17(16)23/h2-3,5,8,14,16-17,23H,4,6-7,9-12H2,1H3. The van der Waals surface area contributed by atoms with Gasteiger partial charge in [-0.05, 0) is 38.3 Å². The second-order valence-corrected chi connectivity index (χ2v) is 6.79. The molecular formula is C19H25N3O3. The van der Waals surface area contributed by atoms with Crippen molar-refractivity contribution < 1.29 is 14.6 Å². The van der Waals surface area contributed by atoms with Crippen LogP contribution in [0.4, 0.5) is 0 Å².